The first-order chi connectivity index (χ1) is 5.29. The number of aromatic nitrogens is 2. The van der Waals surface area contributed by atoms with Crippen molar-refractivity contribution < 1.29 is 4.74 Å². The third-order valence-corrected chi connectivity index (χ3v) is 1.92. The fourth-order valence-electron chi connectivity index (χ4n) is 1.19. The van der Waals surface area contributed by atoms with E-state index in [0.717, 1.165) is 24.1 Å². The van der Waals surface area contributed by atoms with Gasteiger partial charge in [-0.3, -0.25) is 0 Å². The van der Waals surface area contributed by atoms with Gasteiger partial charge in [-0.15, -0.1) is 0 Å². The summed E-state index contributed by atoms with van der Waals surface area (Å²) in [6.45, 7) is 3.54. The number of aryl methyl sites for hydroxylation is 1. The quantitative estimate of drug-likeness (QED) is 0.591. The van der Waals surface area contributed by atoms with Crippen molar-refractivity contribution in [2.24, 2.45) is 7.05 Å². The number of nitrogens with zero attached hydrogens (tertiary/aromatic N) is 2. The minimum atomic E-state index is 0.712. The highest BCUT2D eigenvalue weighted by Crippen LogP contribution is 2.25. The van der Waals surface area contributed by atoms with Crippen LogP contribution in [0.5, 0.6) is 5.88 Å². The van der Waals surface area contributed by atoms with Gasteiger partial charge < -0.3 is 14.6 Å². The van der Waals surface area contributed by atoms with E-state index in [-0.39, 0.29) is 0 Å². The number of imidazole rings is 1. The van der Waals surface area contributed by atoms with Crippen LogP contribution in [0.2, 0.25) is 0 Å². The van der Waals surface area contributed by atoms with Crippen LogP contribution in [0, 0.1) is 6.92 Å². The zero-order valence-electron chi connectivity index (χ0n) is 6.72. The summed E-state index contributed by atoms with van der Waals surface area (Å²) in [5.74, 6) is 2.70. The van der Waals surface area contributed by atoms with Gasteiger partial charge in [0, 0.05) is 7.05 Å². The number of rotatable bonds is 0. The van der Waals surface area contributed by atoms with Crippen LogP contribution in [0.4, 0.5) is 5.82 Å². The van der Waals surface area contributed by atoms with Gasteiger partial charge in [0.25, 0.3) is 5.88 Å². The van der Waals surface area contributed by atoms with Gasteiger partial charge in [0.15, 0.2) is 5.82 Å². The Morgan fingerprint density at radius 1 is 1.64 bits per heavy atom. The van der Waals surface area contributed by atoms with Crippen molar-refractivity contribution in [2.75, 3.05) is 18.5 Å². The Labute approximate surface area is 65.2 Å². The minimum absolute atomic E-state index is 0.712. The van der Waals surface area contributed by atoms with Gasteiger partial charge >= 0.3 is 0 Å². The second-order valence-electron chi connectivity index (χ2n) is 2.65. The van der Waals surface area contributed by atoms with E-state index in [2.05, 4.69) is 10.3 Å². The Morgan fingerprint density at radius 2 is 2.45 bits per heavy atom. The van der Waals surface area contributed by atoms with Crippen LogP contribution in [0.15, 0.2) is 0 Å². The lowest BCUT2D eigenvalue weighted by atomic mass is 10.5. The largest absolute Gasteiger partial charge is 0.473 e. The summed E-state index contributed by atoms with van der Waals surface area (Å²) in [7, 11) is 1.98. The molecule has 2 rings (SSSR count). The number of fused-ring (bicyclic) bond motifs is 1. The van der Waals surface area contributed by atoms with E-state index in [1.807, 2.05) is 18.5 Å². The summed E-state index contributed by atoms with van der Waals surface area (Å²) in [4.78, 5) is 4.23. The molecular formula is C7H11N3O. The molecule has 60 valence electrons. The fourth-order valence-corrected chi connectivity index (χ4v) is 1.19. The molecule has 4 nitrogen and oxygen atoms in total. The SMILES string of the molecule is Cc1nc2c(n1C)NCCO2. The van der Waals surface area contributed by atoms with Crippen molar-refractivity contribution in [3.05, 3.63) is 5.82 Å². The van der Waals surface area contributed by atoms with Crippen LogP contribution in [0.1, 0.15) is 5.82 Å². The van der Waals surface area contributed by atoms with E-state index in [1.54, 1.807) is 0 Å². The lowest BCUT2D eigenvalue weighted by molar-refractivity contribution is 0.311. The van der Waals surface area contributed by atoms with Gasteiger partial charge in [-0.2, -0.15) is 4.98 Å². The van der Waals surface area contributed by atoms with Crippen molar-refractivity contribution in [3.8, 4) is 5.88 Å². The fraction of sp³-hybridized carbons (Fsp3) is 0.571. The zero-order valence-corrected chi connectivity index (χ0v) is 6.72. The van der Waals surface area contributed by atoms with Crippen molar-refractivity contribution in [3.63, 3.8) is 0 Å². The standard InChI is InChI=1S/C7H11N3O/c1-5-9-7-6(10(5)2)8-3-4-11-7/h8H,3-4H2,1-2H3. The lowest BCUT2D eigenvalue weighted by Gasteiger charge is -2.14. The topological polar surface area (TPSA) is 39.1 Å². The predicted molar refractivity (Wildman–Crippen MR) is 41.9 cm³/mol. The van der Waals surface area contributed by atoms with Gasteiger partial charge in [0.1, 0.15) is 12.4 Å². The van der Waals surface area contributed by atoms with Crippen LogP contribution >= 0.6 is 0 Å². The van der Waals surface area contributed by atoms with Gasteiger partial charge in [0.2, 0.25) is 0 Å². The van der Waals surface area contributed by atoms with Gasteiger partial charge in [-0.05, 0) is 6.92 Å². The number of hydrogen-bond acceptors (Lipinski definition) is 3. The van der Waals surface area contributed by atoms with Crippen LogP contribution < -0.4 is 10.1 Å². The van der Waals surface area contributed by atoms with Crippen LogP contribution in [0.3, 0.4) is 0 Å². The summed E-state index contributed by atoms with van der Waals surface area (Å²) in [6, 6.07) is 0. The van der Waals surface area contributed by atoms with Crippen molar-refractivity contribution in [2.45, 2.75) is 6.92 Å². The summed E-state index contributed by atoms with van der Waals surface area (Å²) < 4.78 is 7.33. The summed E-state index contributed by atoms with van der Waals surface area (Å²) >= 11 is 0. The maximum Gasteiger partial charge on any atom is 0.257 e. The smallest absolute Gasteiger partial charge is 0.257 e. The molecule has 11 heavy (non-hydrogen) atoms. The molecule has 0 aliphatic carbocycles. The lowest BCUT2D eigenvalue weighted by Crippen LogP contribution is -2.19. The maximum absolute atomic E-state index is 5.33. The van der Waals surface area contributed by atoms with Crippen LogP contribution in [-0.2, 0) is 7.05 Å². The molecule has 2 heterocycles. The number of ether oxygens (including phenoxy) is 1. The molecule has 0 fully saturated rings. The highest BCUT2D eigenvalue weighted by molar-refractivity contribution is 5.49. The van der Waals surface area contributed by atoms with Gasteiger partial charge in [0.05, 0.1) is 6.54 Å². The highest BCUT2D eigenvalue weighted by Gasteiger charge is 2.16. The normalized spacial score (nSPS) is 15.1. The summed E-state index contributed by atoms with van der Waals surface area (Å²) in [5.41, 5.74) is 0. The molecule has 0 saturated heterocycles. The van der Waals surface area contributed by atoms with E-state index in [9.17, 15) is 0 Å². The van der Waals surface area contributed by atoms with E-state index in [0.29, 0.717) is 6.61 Å². The molecule has 1 N–H and O–H groups in total. The Kier molecular flexibility index (Phi) is 1.27. The van der Waals surface area contributed by atoms with Crippen molar-refractivity contribution in [1.82, 2.24) is 9.55 Å². The molecule has 0 bridgehead atoms. The van der Waals surface area contributed by atoms with Crippen LogP contribution in [0.25, 0.3) is 0 Å². The Balaban J connectivity index is 2.50. The summed E-state index contributed by atoms with van der Waals surface area (Å²) in [6.07, 6.45) is 0. The highest BCUT2D eigenvalue weighted by atomic mass is 16.5. The summed E-state index contributed by atoms with van der Waals surface area (Å²) in [5, 5.41) is 3.23. The molecule has 0 atom stereocenters. The molecule has 1 aromatic heterocycles. The molecule has 0 saturated carbocycles. The number of nitrogens with one attached hydrogen (secondary N) is 1. The number of anilines is 1. The molecule has 0 spiro atoms. The molecule has 0 amide bonds. The predicted octanol–water partition coefficient (Wildman–Crippen LogP) is 0.533. The van der Waals surface area contributed by atoms with Crippen LogP contribution in [-0.4, -0.2) is 22.7 Å². The molecule has 1 aromatic rings. The number of hydrogen-bond donors (Lipinski definition) is 1. The molecule has 0 radical (unpaired) electrons. The second-order valence-corrected chi connectivity index (χ2v) is 2.65. The first kappa shape index (κ1) is 6.52. The molecule has 0 unspecified atom stereocenters. The molecule has 1 aliphatic rings. The van der Waals surface area contributed by atoms with Gasteiger partial charge in [-0.1, -0.05) is 0 Å². The maximum atomic E-state index is 5.33. The molecule has 1 aliphatic heterocycles. The molecular weight excluding hydrogens is 142 g/mol. The first-order valence-corrected chi connectivity index (χ1v) is 3.69. The van der Waals surface area contributed by atoms with E-state index >= 15 is 0 Å². The first-order valence-electron chi connectivity index (χ1n) is 3.69. The molecule has 0 aromatic carbocycles. The minimum Gasteiger partial charge on any atom is -0.473 e. The second kappa shape index (κ2) is 2.15. The Bertz CT molecular complexity index is 279. The zero-order chi connectivity index (χ0) is 7.84. The third kappa shape index (κ3) is 0.859. The monoisotopic (exact) mass is 153 g/mol. The van der Waals surface area contributed by atoms with Crippen molar-refractivity contribution in [1.29, 1.82) is 0 Å². The van der Waals surface area contributed by atoms with Gasteiger partial charge in [-0.25, -0.2) is 0 Å². The van der Waals surface area contributed by atoms with Crippen molar-refractivity contribution >= 4 is 5.82 Å². The van der Waals surface area contributed by atoms with E-state index in [4.69, 9.17) is 4.74 Å². The molecule has 4 heteroatoms. The van der Waals surface area contributed by atoms with E-state index < -0.39 is 0 Å². The average molecular weight is 153 g/mol. The average Bonchev–Trinajstić information content (AvgIpc) is 2.30. The Hall–Kier alpha value is -1.19. The third-order valence-electron chi connectivity index (χ3n) is 1.92. The van der Waals surface area contributed by atoms with E-state index in [1.165, 1.54) is 0 Å². The Morgan fingerprint density at radius 3 is 3.18 bits per heavy atom.